The monoisotopic (exact) mass is 366 g/mol. The lowest BCUT2D eigenvalue weighted by Gasteiger charge is -2.18. The lowest BCUT2D eigenvalue weighted by atomic mass is 10.3. The van der Waals surface area contributed by atoms with Gasteiger partial charge >= 0.3 is 24.0 Å². The first-order valence-corrected chi connectivity index (χ1v) is 6.09. The Kier molecular flexibility index (Phi) is 5.58. The minimum Gasteiger partial charge on any atom is -0.421 e. The molecule has 0 unspecified atom stereocenters. The Hall–Kier alpha value is -1.61. The third-order valence-electron chi connectivity index (χ3n) is 2.05. The number of carbonyl (C=O) groups is 2. The van der Waals surface area contributed by atoms with Gasteiger partial charge in [-0.2, -0.15) is 22.0 Å². The number of rotatable bonds is 4. The summed E-state index contributed by atoms with van der Waals surface area (Å²) in [7, 11) is 0. The maximum absolute atomic E-state index is 12.8. The van der Waals surface area contributed by atoms with Gasteiger partial charge in [0.2, 0.25) is 4.84 Å². The van der Waals surface area contributed by atoms with Crippen molar-refractivity contribution in [3.63, 3.8) is 0 Å². The first kappa shape index (κ1) is 18.4. The Balaban J connectivity index is 3.00. The number of hydrogen-bond acceptors (Lipinski definition) is 4. The number of ether oxygens (including phenoxy) is 2. The molecule has 4 nitrogen and oxygen atoms in total. The molecule has 0 spiro atoms. The second-order valence-corrected chi connectivity index (χ2v) is 4.73. The van der Waals surface area contributed by atoms with Crippen molar-refractivity contribution < 1.29 is 41.0 Å². The maximum atomic E-state index is 12.8. The lowest BCUT2D eigenvalue weighted by Crippen LogP contribution is -2.46. The summed E-state index contributed by atoms with van der Waals surface area (Å²) in [6.45, 7) is 0. The van der Waals surface area contributed by atoms with E-state index in [4.69, 9.17) is 23.2 Å². The number of para-hydroxylation sites is 2. The Morgan fingerprint density at radius 3 is 1.82 bits per heavy atom. The van der Waals surface area contributed by atoms with Gasteiger partial charge in [-0.1, -0.05) is 35.3 Å². The summed E-state index contributed by atoms with van der Waals surface area (Å²) in [5.41, 5.74) is 0. The van der Waals surface area contributed by atoms with Crippen LogP contribution in [0.15, 0.2) is 24.3 Å². The van der Waals surface area contributed by atoms with Crippen molar-refractivity contribution in [3.8, 4) is 11.5 Å². The molecule has 0 fully saturated rings. The van der Waals surface area contributed by atoms with Gasteiger partial charge in [-0.25, -0.2) is 9.59 Å². The van der Waals surface area contributed by atoms with Crippen LogP contribution < -0.4 is 9.47 Å². The van der Waals surface area contributed by atoms with E-state index >= 15 is 0 Å². The van der Waals surface area contributed by atoms with Crippen LogP contribution in [0.5, 0.6) is 11.5 Å². The molecule has 0 saturated heterocycles. The lowest BCUT2D eigenvalue weighted by molar-refractivity contribution is -0.276. The number of halogens is 7. The van der Waals surface area contributed by atoms with Crippen molar-refractivity contribution >= 4 is 35.1 Å². The van der Waals surface area contributed by atoms with Gasteiger partial charge in [-0.3, -0.25) is 0 Å². The van der Waals surface area contributed by atoms with E-state index in [1.54, 1.807) is 0 Å². The zero-order chi connectivity index (χ0) is 17.1. The van der Waals surface area contributed by atoms with E-state index in [0.717, 1.165) is 18.2 Å². The van der Waals surface area contributed by atoms with Crippen LogP contribution in [0, 0.1) is 0 Å². The third kappa shape index (κ3) is 4.20. The Bertz CT molecular complexity index is 574. The summed E-state index contributed by atoms with van der Waals surface area (Å²) in [4.78, 5) is 20.5. The average Bonchev–Trinajstić information content (AvgIpc) is 2.39. The van der Waals surface area contributed by atoms with Crippen LogP contribution in [0.1, 0.15) is 0 Å². The largest absolute Gasteiger partial charge is 0.465 e. The number of hydrogen-bond donors (Lipinski definition) is 0. The Morgan fingerprint density at radius 2 is 1.41 bits per heavy atom. The standard InChI is InChI=1S/C11H5Cl2F5O4/c12-7(13)8(19)21-5-3-1-2-4-6(5)22-9(20)10(14,15)11(16,17)18/h1-4,7H. The van der Waals surface area contributed by atoms with Gasteiger partial charge in [0.15, 0.2) is 11.5 Å². The summed E-state index contributed by atoms with van der Waals surface area (Å²) in [5, 5.41) is 0. The van der Waals surface area contributed by atoms with Crippen molar-refractivity contribution in [2.75, 3.05) is 0 Å². The van der Waals surface area contributed by atoms with Gasteiger partial charge in [0, 0.05) is 0 Å². The molecule has 0 radical (unpaired) electrons. The fraction of sp³-hybridized carbons (Fsp3) is 0.273. The Morgan fingerprint density at radius 1 is 0.955 bits per heavy atom. The molecule has 1 aromatic carbocycles. The molecule has 0 N–H and O–H groups in total. The topological polar surface area (TPSA) is 52.6 Å². The molecule has 1 rings (SSSR count). The SMILES string of the molecule is O=C(Oc1ccccc1OC(=O)C(F)(F)C(F)(F)F)C(Cl)Cl. The number of esters is 2. The van der Waals surface area contributed by atoms with Crippen LogP contribution in [0.25, 0.3) is 0 Å². The van der Waals surface area contributed by atoms with Gasteiger partial charge in [0.05, 0.1) is 0 Å². The van der Waals surface area contributed by atoms with E-state index in [9.17, 15) is 31.5 Å². The second kappa shape index (κ2) is 6.66. The predicted octanol–water partition coefficient (Wildman–Crippen LogP) is 3.50. The highest BCUT2D eigenvalue weighted by Gasteiger charge is 2.65. The van der Waals surface area contributed by atoms with Crippen molar-refractivity contribution in [1.29, 1.82) is 0 Å². The van der Waals surface area contributed by atoms with Crippen molar-refractivity contribution in [2.24, 2.45) is 0 Å². The molecule has 0 aliphatic rings. The van der Waals surface area contributed by atoms with E-state index in [0.29, 0.717) is 0 Å². The summed E-state index contributed by atoms with van der Waals surface area (Å²) < 4.78 is 70.1. The molecule has 0 aromatic heterocycles. The summed E-state index contributed by atoms with van der Waals surface area (Å²) in [5.74, 6) is -11.3. The van der Waals surface area contributed by atoms with Crippen LogP contribution in [0.3, 0.4) is 0 Å². The molecular weight excluding hydrogens is 362 g/mol. The maximum Gasteiger partial charge on any atom is 0.465 e. The molecule has 122 valence electrons. The van der Waals surface area contributed by atoms with Gasteiger partial charge in [0.1, 0.15) is 0 Å². The summed E-state index contributed by atoms with van der Waals surface area (Å²) >= 11 is 10.4. The molecule has 0 heterocycles. The van der Waals surface area contributed by atoms with E-state index in [2.05, 4.69) is 9.47 Å². The molecule has 0 saturated carbocycles. The minimum absolute atomic E-state index is 0.606. The average molecular weight is 367 g/mol. The molecule has 0 atom stereocenters. The van der Waals surface area contributed by atoms with E-state index in [1.165, 1.54) is 6.07 Å². The zero-order valence-corrected chi connectivity index (χ0v) is 11.7. The molecule has 0 bridgehead atoms. The van der Waals surface area contributed by atoms with E-state index in [-0.39, 0.29) is 0 Å². The predicted molar refractivity (Wildman–Crippen MR) is 64.2 cm³/mol. The molecule has 0 amide bonds. The van der Waals surface area contributed by atoms with Crippen LogP contribution in [-0.4, -0.2) is 28.9 Å². The zero-order valence-electron chi connectivity index (χ0n) is 10.2. The highest BCUT2D eigenvalue weighted by Crippen LogP contribution is 2.38. The van der Waals surface area contributed by atoms with Crippen LogP contribution in [0.4, 0.5) is 22.0 Å². The second-order valence-electron chi connectivity index (χ2n) is 3.63. The molecule has 1 aromatic rings. The van der Waals surface area contributed by atoms with Crippen molar-refractivity contribution in [1.82, 2.24) is 0 Å². The van der Waals surface area contributed by atoms with Crippen molar-refractivity contribution in [3.05, 3.63) is 24.3 Å². The molecule has 0 aliphatic heterocycles. The smallest absolute Gasteiger partial charge is 0.421 e. The fourth-order valence-corrected chi connectivity index (χ4v) is 1.14. The quantitative estimate of drug-likeness (QED) is 0.354. The van der Waals surface area contributed by atoms with E-state index < -0.39 is 40.4 Å². The first-order valence-electron chi connectivity index (χ1n) is 5.22. The molecule has 0 aliphatic carbocycles. The number of alkyl halides is 7. The number of carbonyl (C=O) groups excluding carboxylic acids is 2. The fourth-order valence-electron chi connectivity index (χ4n) is 1.05. The van der Waals surface area contributed by atoms with E-state index in [1.807, 2.05) is 0 Å². The molecular formula is C11H5Cl2F5O4. The summed E-state index contributed by atoms with van der Waals surface area (Å²) in [6.07, 6.45) is -6.13. The van der Waals surface area contributed by atoms with Gasteiger partial charge in [-0.15, -0.1) is 0 Å². The van der Waals surface area contributed by atoms with Gasteiger partial charge < -0.3 is 9.47 Å². The number of benzene rings is 1. The van der Waals surface area contributed by atoms with Crippen LogP contribution in [-0.2, 0) is 9.59 Å². The van der Waals surface area contributed by atoms with Crippen LogP contribution in [0.2, 0.25) is 0 Å². The third-order valence-corrected chi connectivity index (χ3v) is 2.41. The van der Waals surface area contributed by atoms with Crippen molar-refractivity contribution in [2.45, 2.75) is 16.9 Å². The molecule has 11 heteroatoms. The highest BCUT2D eigenvalue weighted by atomic mass is 35.5. The molecule has 22 heavy (non-hydrogen) atoms. The first-order chi connectivity index (χ1) is 9.96. The Labute approximate surface area is 129 Å². The normalized spacial score (nSPS) is 12.2. The minimum atomic E-state index is -6.13. The van der Waals surface area contributed by atoms with Crippen LogP contribution >= 0.6 is 23.2 Å². The highest BCUT2D eigenvalue weighted by molar-refractivity contribution is 6.53. The summed E-state index contributed by atoms with van der Waals surface area (Å²) in [6, 6.07) is 4.19. The van der Waals surface area contributed by atoms with Gasteiger partial charge in [0.25, 0.3) is 0 Å². The van der Waals surface area contributed by atoms with Gasteiger partial charge in [-0.05, 0) is 12.1 Å².